The number of carboxylic acid groups (broad SMARTS) is 1. The van der Waals surface area contributed by atoms with Crippen molar-refractivity contribution in [2.75, 3.05) is 5.75 Å². The molecule has 6 nitrogen and oxygen atoms in total. The van der Waals surface area contributed by atoms with Crippen molar-refractivity contribution < 1.29 is 9.90 Å². The van der Waals surface area contributed by atoms with Crippen LogP contribution in [0.5, 0.6) is 0 Å². The SMILES string of the molecule is Cc1nc(C)c(C(=O)O)c(SCCc2cnn(C)c2)n1. The fourth-order valence-electron chi connectivity index (χ4n) is 1.90. The number of aryl methyl sites for hydroxylation is 4. The average Bonchev–Trinajstić information content (AvgIpc) is 2.73. The summed E-state index contributed by atoms with van der Waals surface area (Å²) in [6.45, 7) is 3.47. The van der Waals surface area contributed by atoms with E-state index in [0.717, 1.165) is 17.7 Å². The van der Waals surface area contributed by atoms with E-state index in [4.69, 9.17) is 0 Å². The van der Waals surface area contributed by atoms with Crippen molar-refractivity contribution in [2.45, 2.75) is 25.3 Å². The molecule has 0 aliphatic rings. The van der Waals surface area contributed by atoms with Crippen LogP contribution < -0.4 is 0 Å². The van der Waals surface area contributed by atoms with Gasteiger partial charge in [-0.2, -0.15) is 5.10 Å². The largest absolute Gasteiger partial charge is 0.478 e. The zero-order valence-electron chi connectivity index (χ0n) is 11.6. The molecule has 0 saturated carbocycles. The Bertz CT molecular complexity index is 639. The molecule has 0 aliphatic carbocycles. The number of hydrogen-bond acceptors (Lipinski definition) is 5. The first-order valence-corrected chi connectivity index (χ1v) is 7.15. The van der Waals surface area contributed by atoms with Gasteiger partial charge in [0.2, 0.25) is 0 Å². The Kier molecular flexibility index (Phi) is 4.39. The fourth-order valence-corrected chi connectivity index (χ4v) is 3.01. The number of nitrogens with zero attached hydrogens (tertiary/aromatic N) is 4. The van der Waals surface area contributed by atoms with Crippen molar-refractivity contribution in [2.24, 2.45) is 7.05 Å². The van der Waals surface area contributed by atoms with Gasteiger partial charge >= 0.3 is 5.97 Å². The van der Waals surface area contributed by atoms with Crippen LogP contribution in [-0.4, -0.2) is 36.6 Å². The third-order valence-corrected chi connectivity index (χ3v) is 3.75. The van der Waals surface area contributed by atoms with Crippen LogP contribution in [0.25, 0.3) is 0 Å². The predicted molar refractivity (Wildman–Crippen MR) is 76.1 cm³/mol. The molecule has 0 atom stereocenters. The molecule has 0 spiro atoms. The summed E-state index contributed by atoms with van der Waals surface area (Å²) in [5.41, 5.74) is 1.83. The summed E-state index contributed by atoms with van der Waals surface area (Å²) in [5.74, 6) is 0.366. The van der Waals surface area contributed by atoms with E-state index in [2.05, 4.69) is 15.1 Å². The number of carbonyl (C=O) groups is 1. The number of thioether (sulfide) groups is 1. The van der Waals surface area contributed by atoms with Crippen molar-refractivity contribution in [3.8, 4) is 0 Å². The minimum Gasteiger partial charge on any atom is -0.478 e. The zero-order chi connectivity index (χ0) is 14.7. The fraction of sp³-hybridized carbons (Fsp3) is 0.385. The van der Waals surface area contributed by atoms with Gasteiger partial charge in [0.05, 0.1) is 11.9 Å². The lowest BCUT2D eigenvalue weighted by molar-refractivity contribution is 0.0690. The van der Waals surface area contributed by atoms with E-state index in [0.29, 0.717) is 16.5 Å². The molecule has 20 heavy (non-hydrogen) atoms. The van der Waals surface area contributed by atoms with Crippen molar-refractivity contribution in [1.29, 1.82) is 0 Å². The lowest BCUT2D eigenvalue weighted by atomic mass is 10.2. The van der Waals surface area contributed by atoms with Crippen LogP contribution in [0.2, 0.25) is 0 Å². The Labute approximate surface area is 121 Å². The van der Waals surface area contributed by atoms with Crippen molar-refractivity contribution >= 4 is 17.7 Å². The van der Waals surface area contributed by atoms with Crippen LogP contribution in [0.1, 0.15) is 27.4 Å². The maximum absolute atomic E-state index is 11.3. The van der Waals surface area contributed by atoms with E-state index in [-0.39, 0.29) is 5.56 Å². The van der Waals surface area contributed by atoms with Gasteiger partial charge in [-0.3, -0.25) is 4.68 Å². The van der Waals surface area contributed by atoms with Crippen molar-refractivity contribution in [3.63, 3.8) is 0 Å². The first-order valence-electron chi connectivity index (χ1n) is 6.16. The molecule has 2 heterocycles. The first kappa shape index (κ1) is 14.5. The van der Waals surface area contributed by atoms with E-state index >= 15 is 0 Å². The Morgan fingerprint density at radius 3 is 2.75 bits per heavy atom. The van der Waals surface area contributed by atoms with Crippen molar-refractivity contribution in [3.05, 3.63) is 35.0 Å². The molecule has 7 heteroatoms. The molecule has 0 aliphatic heterocycles. The standard InChI is InChI=1S/C13H16N4O2S/c1-8-11(13(18)19)12(16-9(2)15-8)20-5-4-10-6-14-17(3)7-10/h6-7H,4-5H2,1-3H3,(H,18,19). The lowest BCUT2D eigenvalue weighted by Gasteiger charge is -2.08. The highest BCUT2D eigenvalue weighted by Gasteiger charge is 2.17. The quantitative estimate of drug-likeness (QED) is 0.669. The van der Waals surface area contributed by atoms with Crippen LogP contribution in [0.4, 0.5) is 0 Å². The second kappa shape index (κ2) is 6.04. The molecule has 0 saturated heterocycles. The summed E-state index contributed by atoms with van der Waals surface area (Å²) >= 11 is 1.44. The van der Waals surface area contributed by atoms with E-state index in [9.17, 15) is 9.90 Å². The third-order valence-electron chi connectivity index (χ3n) is 2.77. The van der Waals surface area contributed by atoms with Gasteiger partial charge in [-0.1, -0.05) is 0 Å². The van der Waals surface area contributed by atoms with E-state index < -0.39 is 5.97 Å². The Hall–Kier alpha value is -1.89. The van der Waals surface area contributed by atoms with E-state index in [1.807, 2.05) is 19.4 Å². The van der Waals surface area contributed by atoms with Crippen LogP contribution in [0.15, 0.2) is 17.4 Å². The topological polar surface area (TPSA) is 80.9 Å². The van der Waals surface area contributed by atoms with Crippen LogP contribution in [0.3, 0.4) is 0 Å². The smallest absolute Gasteiger partial charge is 0.340 e. The molecule has 0 bridgehead atoms. The Balaban J connectivity index is 2.10. The molecule has 0 radical (unpaired) electrons. The predicted octanol–water partition coefficient (Wildman–Crippen LogP) is 1.86. The molecule has 2 aromatic rings. The number of aromatic carboxylic acids is 1. The van der Waals surface area contributed by atoms with Crippen LogP contribution in [0, 0.1) is 13.8 Å². The third kappa shape index (κ3) is 3.36. The molecule has 0 amide bonds. The van der Waals surface area contributed by atoms with Crippen molar-refractivity contribution in [1.82, 2.24) is 19.7 Å². The van der Waals surface area contributed by atoms with Gasteiger partial charge in [-0.05, 0) is 25.8 Å². The summed E-state index contributed by atoms with van der Waals surface area (Å²) in [7, 11) is 1.87. The summed E-state index contributed by atoms with van der Waals surface area (Å²) < 4.78 is 1.75. The maximum Gasteiger partial charge on any atom is 0.340 e. The van der Waals surface area contributed by atoms with Crippen LogP contribution in [-0.2, 0) is 13.5 Å². The van der Waals surface area contributed by atoms with Gasteiger partial charge in [0.1, 0.15) is 16.4 Å². The van der Waals surface area contributed by atoms with Gasteiger partial charge in [0, 0.05) is 19.0 Å². The first-order chi connectivity index (χ1) is 9.47. The minimum absolute atomic E-state index is 0.201. The Morgan fingerprint density at radius 1 is 1.40 bits per heavy atom. The lowest BCUT2D eigenvalue weighted by Crippen LogP contribution is -2.08. The molecule has 106 valence electrons. The van der Waals surface area contributed by atoms with Gasteiger partial charge < -0.3 is 5.11 Å². The summed E-state index contributed by atoms with van der Waals surface area (Å²) in [4.78, 5) is 19.6. The highest BCUT2D eigenvalue weighted by atomic mass is 32.2. The average molecular weight is 292 g/mol. The molecule has 2 rings (SSSR count). The molecule has 0 fully saturated rings. The van der Waals surface area contributed by atoms with Crippen LogP contribution >= 0.6 is 11.8 Å². The number of aromatic nitrogens is 4. The molecule has 0 aromatic carbocycles. The minimum atomic E-state index is -0.980. The zero-order valence-corrected chi connectivity index (χ0v) is 12.4. The second-order valence-electron chi connectivity index (χ2n) is 4.46. The highest BCUT2D eigenvalue weighted by Crippen LogP contribution is 2.23. The highest BCUT2D eigenvalue weighted by molar-refractivity contribution is 7.99. The summed E-state index contributed by atoms with van der Waals surface area (Å²) in [5, 5.41) is 13.9. The summed E-state index contributed by atoms with van der Waals surface area (Å²) in [6.07, 6.45) is 4.59. The molecular weight excluding hydrogens is 276 g/mol. The van der Waals surface area contributed by atoms with Gasteiger partial charge in [-0.15, -0.1) is 11.8 Å². The molecular formula is C13H16N4O2S. The van der Waals surface area contributed by atoms with Gasteiger partial charge in [0.25, 0.3) is 0 Å². The number of rotatable bonds is 5. The Morgan fingerprint density at radius 2 is 2.15 bits per heavy atom. The molecule has 1 N–H and O–H groups in total. The van der Waals surface area contributed by atoms with E-state index in [1.165, 1.54) is 11.8 Å². The van der Waals surface area contributed by atoms with E-state index in [1.54, 1.807) is 18.5 Å². The number of carboxylic acids is 1. The maximum atomic E-state index is 11.3. The number of hydrogen-bond donors (Lipinski definition) is 1. The summed E-state index contributed by atoms with van der Waals surface area (Å²) in [6, 6.07) is 0. The van der Waals surface area contributed by atoms with Gasteiger partial charge in [-0.25, -0.2) is 14.8 Å². The second-order valence-corrected chi connectivity index (χ2v) is 5.55. The molecule has 2 aromatic heterocycles. The normalized spacial score (nSPS) is 10.8. The monoisotopic (exact) mass is 292 g/mol. The van der Waals surface area contributed by atoms with Gasteiger partial charge in [0.15, 0.2) is 0 Å². The molecule has 0 unspecified atom stereocenters.